The van der Waals surface area contributed by atoms with Crippen molar-refractivity contribution < 1.29 is 12.8 Å². The fraction of sp³-hybridized carbons (Fsp3) is 0.278. The maximum atomic E-state index is 13.3. The summed E-state index contributed by atoms with van der Waals surface area (Å²) in [6, 6.07) is 12.9. The Morgan fingerprint density at radius 2 is 1.92 bits per heavy atom. The minimum absolute atomic E-state index is 0.0541. The summed E-state index contributed by atoms with van der Waals surface area (Å²) < 4.78 is 38.8. The van der Waals surface area contributed by atoms with Crippen molar-refractivity contribution in [3.8, 4) is 0 Å². The number of guanidine groups is 1. The minimum Gasteiger partial charge on any atom is -0.355 e. The van der Waals surface area contributed by atoms with Crippen molar-refractivity contribution in [2.75, 3.05) is 26.4 Å². The molecule has 0 aliphatic heterocycles. The summed E-state index contributed by atoms with van der Waals surface area (Å²) in [5, 5.41) is 3.04. The van der Waals surface area contributed by atoms with Crippen molar-refractivity contribution >= 4 is 31.7 Å². The van der Waals surface area contributed by atoms with Crippen LogP contribution in [0.25, 0.3) is 0 Å². The first-order chi connectivity index (χ1) is 12.3. The Bertz CT molecular complexity index is 870. The highest BCUT2D eigenvalue weighted by Gasteiger charge is 2.15. The number of hydrogen-bond acceptors (Lipinski definition) is 3. The molecule has 0 unspecified atom stereocenters. The summed E-state index contributed by atoms with van der Waals surface area (Å²) in [5.41, 5.74) is 0.804. The molecule has 0 spiro atoms. The van der Waals surface area contributed by atoms with Crippen LogP contribution in [-0.4, -0.2) is 45.7 Å². The average molecular weight is 442 g/mol. The van der Waals surface area contributed by atoms with E-state index in [0.717, 1.165) is 10.0 Å². The molecule has 2 aromatic rings. The van der Waals surface area contributed by atoms with Crippen LogP contribution >= 0.6 is 15.9 Å². The summed E-state index contributed by atoms with van der Waals surface area (Å²) in [7, 11) is 0.0501. The highest BCUT2D eigenvalue weighted by Crippen LogP contribution is 2.15. The third kappa shape index (κ3) is 5.81. The third-order valence-electron chi connectivity index (χ3n) is 3.71. The largest absolute Gasteiger partial charge is 0.355 e. The highest BCUT2D eigenvalue weighted by molar-refractivity contribution is 9.10. The molecule has 0 aliphatic rings. The van der Waals surface area contributed by atoms with E-state index in [4.69, 9.17) is 0 Å². The van der Waals surface area contributed by atoms with Crippen molar-refractivity contribution in [2.45, 2.75) is 11.4 Å². The predicted molar refractivity (Wildman–Crippen MR) is 105 cm³/mol. The van der Waals surface area contributed by atoms with E-state index in [1.165, 1.54) is 12.1 Å². The first-order valence-electron chi connectivity index (χ1n) is 7.96. The van der Waals surface area contributed by atoms with Gasteiger partial charge < -0.3 is 10.2 Å². The Kier molecular flexibility index (Phi) is 7.16. The van der Waals surface area contributed by atoms with Crippen LogP contribution in [0.15, 0.2) is 62.9 Å². The predicted octanol–water partition coefficient (Wildman–Crippen LogP) is 3.07. The van der Waals surface area contributed by atoms with Crippen LogP contribution in [0, 0.1) is 5.82 Å². The quantitative estimate of drug-likeness (QED) is 0.552. The van der Waals surface area contributed by atoms with Gasteiger partial charge in [0, 0.05) is 31.7 Å². The van der Waals surface area contributed by atoms with Gasteiger partial charge in [0.2, 0.25) is 0 Å². The fourth-order valence-electron chi connectivity index (χ4n) is 2.43. The number of hydrogen-bond donors (Lipinski definition) is 1. The van der Waals surface area contributed by atoms with Crippen LogP contribution in [0.5, 0.6) is 0 Å². The van der Waals surface area contributed by atoms with E-state index in [1.54, 1.807) is 42.3 Å². The maximum Gasteiger partial charge on any atom is 0.193 e. The molecule has 0 atom stereocenters. The number of benzene rings is 2. The van der Waals surface area contributed by atoms with E-state index in [9.17, 15) is 12.8 Å². The van der Waals surface area contributed by atoms with Crippen LogP contribution in [0.2, 0.25) is 0 Å². The highest BCUT2D eigenvalue weighted by atomic mass is 79.9. The molecule has 0 heterocycles. The van der Waals surface area contributed by atoms with Gasteiger partial charge in [-0.25, -0.2) is 12.8 Å². The van der Waals surface area contributed by atoms with E-state index in [-0.39, 0.29) is 23.0 Å². The SMILES string of the molecule is CN=C(NCCS(=O)(=O)c1ccc(Br)cc1)N(C)Cc1cccc(F)c1. The summed E-state index contributed by atoms with van der Waals surface area (Å²) in [6.45, 7) is 0.676. The Labute approximate surface area is 162 Å². The Balaban J connectivity index is 1.93. The van der Waals surface area contributed by atoms with Gasteiger partial charge in [0.05, 0.1) is 10.6 Å². The topological polar surface area (TPSA) is 61.8 Å². The number of nitrogens with zero attached hydrogens (tertiary/aromatic N) is 2. The van der Waals surface area contributed by atoms with E-state index >= 15 is 0 Å². The van der Waals surface area contributed by atoms with Gasteiger partial charge in [0.15, 0.2) is 15.8 Å². The number of rotatable bonds is 6. The molecule has 2 rings (SSSR count). The second kappa shape index (κ2) is 9.14. The summed E-state index contributed by atoms with van der Waals surface area (Å²) in [6.07, 6.45) is 0. The fourth-order valence-corrected chi connectivity index (χ4v) is 3.85. The van der Waals surface area contributed by atoms with Crippen molar-refractivity contribution in [1.82, 2.24) is 10.2 Å². The van der Waals surface area contributed by atoms with Crippen molar-refractivity contribution in [1.29, 1.82) is 0 Å². The first kappa shape index (κ1) is 20.4. The molecule has 0 saturated heterocycles. The van der Waals surface area contributed by atoms with Gasteiger partial charge in [0.25, 0.3) is 0 Å². The van der Waals surface area contributed by atoms with Gasteiger partial charge in [-0.05, 0) is 42.0 Å². The number of nitrogens with one attached hydrogen (secondary N) is 1. The second-order valence-corrected chi connectivity index (χ2v) is 8.76. The molecule has 0 aromatic heterocycles. The van der Waals surface area contributed by atoms with Crippen molar-refractivity contribution in [3.63, 3.8) is 0 Å². The lowest BCUT2D eigenvalue weighted by atomic mass is 10.2. The molecule has 1 N–H and O–H groups in total. The van der Waals surface area contributed by atoms with E-state index in [1.807, 2.05) is 13.1 Å². The van der Waals surface area contributed by atoms with Gasteiger partial charge in [-0.2, -0.15) is 0 Å². The molecule has 140 valence electrons. The molecule has 5 nitrogen and oxygen atoms in total. The summed E-state index contributed by atoms with van der Waals surface area (Å²) in [4.78, 5) is 6.24. The Hall–Kier alpha value is -1.93. The molecular formula is C18H21BrFN3O2S. The number of halogens is 2. The van der Waals surface area contributed by atoms with Crippen LogP contribution in [-0.2, 0) is 16.4 Å². The van der Waals surface area contributed by atoms with Crippen LogP contribution in [0.1, 0.15) is 5.56 Å². The monoisotopic (exact) mass is 441 g/mol. The average Bonchev–Trinajstić information content (AvgIpc) is 2.59. The second-order valence-electron chi connectivity index (χ2n) is 5.73. The van der Waals surface area contributed by atoms with Gasteiger partial charge in [-0.1, -0.05) is 28.1 Å². The Morgan fingerprint density at radius 3 is 2.54 bits per heavy atom. The summed E-state index contributed by atoms with van der Waals surface area (Å²) in [5.74, 6) is 0.196. The third-order valence-corrected chi connectivity index (χ3v) is 5.97. The van der Waals surface area contributed by atoms with Crippen molar-refractivity contribution in [3.05, 3.63) is 64.4 Å². The van der Waals surface area contributed by atoms with Gasteiger partial charge >= 0.3 is 0 Å². The molecule has 0 aliphatic carbocycles. The molecule has 2 aromatic carbocycles. The smallest absolute Gasteiger partial charge is 0.193 e. The van der Waals surface area contributed by atoms with E-state index < -0.39 is 9.84 Å². The molecule has 0 fully saturated rings. The zero-order chi connectivity index (χ0) is 19.2. The van der Waals surface area contributed by atoms with Crippen LogP contribution in [0.3, 0.4) is 0 Å². The van der Waals surface area contributed by atoms with E-state index in [2.05, 4.69) is 26.2 Å². The molecule has 0 bridgehead atoms. The molecule has 0 amide bonds. The molecular weight excluding hydrogens is 421 g/mol. The Morgan fingerprint density at radius 1 is 1.23 bits per heavy atom. The summed E-state index contributed by atoms with van der Waals surface area (Å²) >= 11 is 3.29. The zero-order valence-electron chi connectivity index (χ0n) is 14.6. The first-order valence-corrected chi connectivity index (χ1v) is 10.4. The van der Waals surface area contributed by atoms with Crippen LogP contribution < -0.4 is 5.32 Å². The number of sulfone groups is 1. The van der Waals surface area contributed by atoms with Crippen LogP contribution in [0.4, 0.5) is 4.39 Å². The number of aliphatic imine (C=N–C) groups is 1. The molecule has 0 radical (unpaired) electrons. The van der Waals surface area contributed by atoms with Gasteiger partial charge in [-0.3, -0.25) is 4.99 Å². The lowest BCUT2D eigenvalue weighted by Crippen LogP contribution is -2.40. The lowest BCUT2D eigenvalue weighted by molar-refractivity contribution is 0.476. The van der Waals surface area contributed by atoms with Gasteiger partial charge in [-0.15, -0.1) is 0 Å². The van der Waals surface area contributed by atoms with Gasteiger partial charge in [0.1, 0.15) is 5.82 Å². The molecule has 8 heteroatoms. The lowest BCUT2D eigenvalue weighted by Gasteiger charge is -2.22. The molecule has 0 saturated carbocycles. The zero-order valence-corrected chi connectivity index (χ0v) is 17.0. The standard InChI is InChI=1S/C18H21BrFN3O2S/c1-21-18(23(2)13-14-4-3-5-16(20)12-14)22-10-11-26(24,25)17-8-6-15(19)7-9-17/h3-9,12H,10-11,13H2,1-2H3,(H,21,22). The maximum absolute atomic E-state index is 13.3. The van der Waals surface area contributed by atoms with E-state index in [0.29, 0.717) is 12.5 Å². The van der Waals surface area contributed by atoms with Crippen molar-refractivity contribution in [2.24, 2.45) is 4.99 Å². The normalized spacial score (nSPS) is 12.1. The minimum atomic E-state index is -3.38. The molecule has 26 heavy (non-hydrogen) atoms.